The van der Waals surface area contributed by atoms with E-state index < -0.39 is 6.04 Å². The monoisotopic (exact) mass is 230 g/mol. The third kappa shape index (κ3) is 3.73. The van der Waals surface area contributed by atoms with Crippen molar-refractivity contribution in [2.45, 2.75) is 38.5 Å². The van der Waals surface area contributed by atoms with Gasteiger partial charge in [0, 0.05) is 19.6 Å². The first kappa shape index (κ1) is 13.4. The summed E-state index contributed by atoms with van der Waals surface area (Å²) in [6, 6.07) is -0.578. The zero-order valence-corrected chi connectivity index (χ0v) is 10.5. The molecule has 0 bridgehead atoms. The SMILES string of the molecule is COC(=O)C(N)CN1CC(C)OC(C)(C)C1. The zero-order valence-electron chi connectivity index (χ0n) is 10.5. The summed E-state index contributed by atoms with van der Waals surface area (Å²) in [7, 11) is 1.36. The highest BCUT2D eigenvalue weighted by Gasteiger charge is 2.32. The molecule has 0 amide bonds. The Hall–Kier alpha value is -0.650. The van der Waals surface area contributed by atoms with E-state index in [4.69, 9.17) is 10.5 Å². The van der Waals surface area contributed by atoms with Gasteiger partial charge in [-0.1, -0.05) is 0 Å². The average Bonchev–Trinajstić information content (AvgIpc) is 2.12. The van der Waals surface area contributed by atoms with Gasteiger partial charge in [0.2, 0.25) is 0 Å². The lowest BCUT2D eigenvalue weighted by molar-refractivity contribution is -0.147. The minimum atomic E-state index is -0.578. The fourth-order valence-electron chi connectivity index (χ4n) is 2.23. The van der Waals surface area contributed by atoms with Crippen molar-refractivity contribution in [3.05, 3.63) is 0 Å². The highest BCUT2D eigenvalue weighted by atomic mass is 16.5. The summed E-state index contributed by atoms with van der Waals surface area (Å²) in [5.41, 5.74) is 5.55. The van der Waals surface area contributed by atoms with E-state index in [0.29, 0.717) is 6.54 Å². The van der Waals surface area contributed by atoms with E-state index in [1.54, 1.807) is 0 Å². The van der Waals surface area contributed by atoms with Crippen LogP contribution in [0.3, 0.4) is 0 Å². The Morgan fingerprint density at radius 1 is 1.69 bits per heavy atom. The summed E-state index contributed by atoms with van der Waals surface area (Å²) in [6.45, 7) is 8.20. The van der Waals surface area contributed by atoms with Gasteiger partial charge < -0.3 is 15.2 Å². The number of hydrogen-bond acceptors (Lipinski definition) is 5. The molecule has 0 aromatic rings. The molecule has 5 heteroatoms. The molecule has 1 aliphatic rings. The fraction of sp³-hybridized carbons (Fsp3) is 0.909. The van der Waals surface area contributed by atoms with Crippen molar-refractivity contribution in [1.29, 1.82) is 0 Å². The van der Waals surface area contributed by atoms with Crippen LogP contribution in [0.15, 0.2) is 0 Å². The number of nitrogens with zero attached hydrogens (tertiary/aromatic N) is 1. The predicted octanol–water partition coefficient (Wildman–Crippen LogP) is -0.0140. The molecule has 1 heterocycles. The van der Waals surface area contributed by atoms with Crippen molar-refractivity contribution in [3.63, 3.8) is 0 Å². The Morgan fingerprint density at radius 3 is 2.81 bits per heavy atom. The van der Waals surface area contributed by atoms with Crippen LogP contribution in [0.5, 0.6) is 0 Å². The molecule has 2 unspecified atom stereocenters. The zero-order chi connectivity index (χ0) is 12.3. The second-order valence-electron chi connectivity index (χ2n) is 5.01. The lowest BCUT2D eigenvalue weighted by atomic mass is 10.0. The molecule has 1 rings (SSSR count). The number of esters is 1. The Balaban J connectivity index is 2.51. The van der Waals surface area contributed by atoms with Crippen LogP contribution in [0.25, 0.3) is 0 Å². The van der Waals surface area contributed by atoms with Gasteiger partial charge in [-0.05, 0) is 20.8 Å². The molecule has 5 nitrogen and oxygen atoms in total. The van der Waals surface area contributed by atoms with E-state index in [1.807, 2.05) is 20.8 Å². The number of nitrogens with two attached hydrogens (primary N) is 1. The fourth-order valence-corrected chi connectivity index (χ4v) is 2.23. The van der Waals surface area contributed by atoms with Gasteiger partial charge in [-0.15, -0.1) is 0 Å². The van der Waals surface area contributed by atoms with Gasteiger partial charge in [-0.3, -0.25) is 9.69 Å². The van der Waals surface area contributed by atoms with E-state index in [-0.39, 0.29) is 17.7 Å². The molecule has 1 aliphatic heterocycles. The topological polar surface area (TPSA) is 64.8 Å². The van der Waals surface area contributed by atoms with Gasteiger partial charge in [0.25, 0.3) is 0 Å². The van der Waals surface area contributed by atoms with Gasteiger partial charge in [0.15, 0.2) is 0 Å². The molecular formula is C11H22N2O3. The molecule has 2 atom stereocenters. The second-order valence-corrected chi connectivity index (χ2v) is 5.01. The number of ether oxygens (including phenoxy) is 2. The van der Waals surface area contributed by atoms with Crippen LogP contribution in [0, 0.1) is 0 Å². The van der Waals surface area contributed by atoms with Crippen LogP contribution in [0.1, 0.15) is 20.8 Å². The molecule has 0 aromatic heterocycles. The summed E-state index contributed by atoms with van der Waals surface area (Å²) in [5, 5.41) is 0. The number of carbonyl (C=O) groups is 1. The summed E-state index contributed by atoms with van der Waals surface area (Å²) in [4.78, 5) is 13.4. The number of hydrogen-bond donors (Lipinski definition) is 1. The third-order valence-corrected chi connectivity index (χ3v) is 2.60. The standard InChI is InChI=1S/C11H22N2O3/c1-8-5-13(7-11(2,3)16-8)6-9(12)10(14)15-4/h8-9H,5-7,12H2,1-4H3. The van der Waals surface area contributed by atoms with Crippen LogP contribution in [0.4, 0.5) is 0 Å². The lowest BCUT2D eigenvalue weighted by Crippen LogP contribution is -2.55. The highest BCUT2D eigenvalue weighted by molar-refractivity contribution is 5.75. The third-order valence-electron chi connectivity index (χ3n) is 2.60. The Labute approximate surface area is 96.9 Å². The van der Waals surface area contributed by atoms with E-state index in [9.17, 15) is 4.79 Å². The molecule has 0 radical (unpaired) electrons. The van der Waals surface area contributed by atoms with Gasteiger partial charge in [-0.25, -0.2) is 0 Å². The maximum absolute atomic E-state index is 11.2. The van der Waals surface area contributed by atoms with Gasteiger partial charge >= 0.3 is 5.97 Å². The highest BCUT2D eigenvalue weighted by Crippen LogP contribution is 2.20. The van der Waals surface area contributed by atoms with Gasteiger partial charge in [-0.2, -0.15) is 0 Å². The molecule has 0 aromatic carbocycles. The van der Waals surface area contributed by atoms with E-state index in [2.05, 4.69) is 9.64 Å². The van der Waals surface area contributed by atoms with Crippen molar-refractivity contribution in [2.24, 2.45) is 5.73 Å². The van der Waals surface area contributed by atoms with E-state index in [1.165, 1.54) is 7.11 Å². The normalized spacial score (nSPS) is 27.4. The molecule has 0 aliphatic carbocycles. The first-order valence-corrected chi connectivity index (χ1v) is 5.57. The lowest BCUT2D eigenvalue weighted by Gasteiger charge is -2.42. The molecular weight excluding hydrogens is 208 g/mol. The predicted molar refractivity (Wildman–Crippen MR) is 61.1 cm³/mol. The quantitative estimate of drug-likeness (QED) is 0.691. The molecule has 16 heavy (non-hydrogen) atoms. The van der Waals surface area contributed by atoms with Crippen molar-refractivity contribution < 1.29 is 14.3 Å². The van der Waals surface area contributed by atoms with Crippen LogP contribution >= 0.6 is 0 Å². The maximum Gasteiger partial charge on any atom is 0.323 e. The Kier molecular flexibility index (Phi) is 4.29. The van der Waals surface area contributed by atoms with Crippen LogP contribution < -0.4 is 5.73 Å². The smallest absolute Gasteiger partial charge is 0.323 e. The molecule has 2 N–H and O–H groups in total. The van der Waals surface area contributed by atoms with E-state index in [0.717, 1.165) is 13.1 Å². The van der Waals surface area contributed by atoms with Crippen molar-refractivity contribution >= 4 is 5.97 Å². The first-order valence-electron chi connectivity index (χ1n) is 5.57. The number of methoxy groups -OCH3 is 1. The van der Waals surface area contributed by atoms with Crippen LogP contribution in [-0.4, -0.2) is 55.4 Å². The minimum Gasteiger partial charge on any atom is -0.468 e. The van der Waals surface area contributed by atoms with Crippen LogP contribution in [-0.2, 0) is 14.3 Å². The summed E-state index contributed by atoms with van der Waals surface area (Å²) >= 11 is 0. The summed E-state index contributed by atoms with van der Waals surface area (Å²) < 4.78 is 10.4. The largest absolute Gasteiger partial charge is 0.468 e. The van der Waals surface area contributed by atoms with Crippen LogP contribution in [0.2, 0.25) is 0 Å². The Morgan fingerprint density at radius 2 is 2.31 bits per heavy atom. The number of morpholine rings is 1. The average molecular weight is 230 g/mol. The van der Waals surface area contributed by atoms with Gasteiger partial charge in [0.1, 0.15) is 6.04 Å². The number of carbonyl (C=O) groups excluding carboxylic acids is 1. The maximum atomic E-state index is 11.2. The molecule has 0 saturated carbocycles. The second kappa shape index (κ2) is 5.12. The summed E-state index contributed by atoms with van der Waals surface area (Å²) in [6.07, 6.45) is 0.161. The van der Waals surface area contributed by atoms with Gasteiger partial charge in [0.05, 0.1) is 18.8 Å². The van der Waals surface area contributed by atoms with E-state index >= 15 is 0 Å². The first-order chi connectivity index (χ1) is 7.34. The molecule has 1 fully saturated rings. The van der Waals surface area contributed by atoms with Crippen molar-refractivity contribution in [3.8, 4) is 0 Å². The van der Waals surface area contributed by atoms with Crippen molar-refractivity contribution in [1.82, 2.24) is 4.90 Å². The summed E-state index contributed by atoms with van der Waals surface area (Å²) in [5.74, 6) is -0.364. The molecule has 1 saturated heterocycles. The number of rotatable bonds is 3. The Bertz CT molecular complexity index is 256. The molecule has 0 spiro atoms. The molecule has 94 valence electrons. The minimum absolute atomic E-state index is 0.161. The van der Waals surface area contributed by atoms with Crippen molar-refractivity contribution in [2.75, 3.05) is 26.7 Å².